The average molecular weight is 494 g/mol. The lowest BCUT2D eigenvalue weighted by Gasteiger charge is -2.34. The lowest BCUT2D eigenvalue weighted by Crippen LogP contribution is -2.44. The molecule has 8 nitrogen and oxygen atoms in total. The molecule has 0 bridgehead atoms. The average Bonchev–Trinajstić information content (AvgIpc) is 3.63. The predicted molar refractivity (Wildman–Crippen MR) is 135 cm³/mol. The molecule has 0 atom stereocenters. The zero-order chi connectivity index (χ0) is 24.6. The number of likely N-dealkylation sites (tertiary alicyclic amines) is 1. The molecule has 2 aliphatic rings. The van der Waals surface area contributed by atoms with Crippen molar-refractivity contribution >= 4 is 21.6 Å². The minimum atomic E-state index is -3.61. The first-order chi connectivity index (χ1) is 16.8. The molecule has 0 spiro atoms. The van der Waals surface area contributed by atoms with Crippen LogP contribution in [0.25, 0.3) is 5.69 Å². The Kier molecular flexibility index (Phi) is 6.48. The van der Waals surface area contributed by atoms with E-state index in [1.807, 2.05) is 36.4 Å². The van der Waals surface area contributed by atoms with Crippen LogP contribution < -0.4 is 5.32 Å². The van der Waals surface area contributed by atoms with Crippen molar-refractivity contribution in [2.45, 2.75) is 42.5 Å². The van der Waals surface area contributed by atoms with Gasteiger partial charge < -0.3 is 10.2 Å². The number of nitrogens with one attached hydrogen (secondary N) is 1. The van der Waals surface area contributed by atoms with Crippen molar-refractivity contribution in [2.75, 3.05) is 32.5 Å². The standard InChI is InChI=1S/C26H31N5O3S/c1-29-16-14-21(15-17-29)30(2)35(33,34)23-12-10-20(11-13-23)27-26(32)25-18-24(19-8-9-19)28-31(25)22-6-4-3-5-7-22/h3-7,10-13,18-19,21H,8-9,14-17H2,1-2H3,(H,27,32). The van der Waals surface area contributed by atoms with Crippen LogP contribution in [-0.2, 0) is 10.0 Å². The first-order valence-corrected chi connectivity index (χ1v) is 13.5. The summed E-state index contributed by atoms with van der Waals surface area (Å²) in [4.78, 5) is 15.6. The first-order valence-electron chi connectivity index (χ1n) is 12.1. The summed E-state index contributed by atoms with van der Waals surface area (Å²) in [5.74, 6) is 0.129. The van der Waals surface area contributed by atoms with Gasteiger partial charge in [-0.15, -0.1) is 0 Å². The Morgan fingerprint density at radius 2 is 1.66 bits per heavy atom. The summed E-state index contributed by atoms with van der Waals surface area (Å²) >= 11 is 0. The van der Waals surface area contributed by atoms with Gasteiger partial charge >= 0.3 is 0 Å². The van der Waals surface area contributed by atoms with Crippen LogP contribution in [-0.4, -0.2) is 66.5 Å². The second kappa shape index (κ2) is 9.56. The van der Waals surface area contributed by atoms with Crippen LogP contribution in [0, 0.1) is 0 Å². The Labute approximate surface area is 206 Å². The van der Waals surface area contributed by atoms with Gasteiger partial charge in [-0.3, -0.25) is 4.79 Å². The van der Waals surface area contributed by atoms with Crippen molar-refractivity contribution in [3.8, 4) is 5.69 Å². The first kappa shape index (κ1) is 23.7. The third-order valence-corrected chi connectivity index (χ3v) is 8.87. The number of benzene rings is 2. The Morgan fingerprint density at radius 1 is 1.00 bits per heavy atom. The van der Waals surface area contributed by atoms with Gasteiger partial charge in [-0.1, -0.05) is 18.2 Å². The molecule has 0 unspecified atom stereocenters. The second-order valence-corrected chi connectivity index (χ2v) is 11.5. The molecule has 2 aromatic carbocycles. The number of nitrogens with zero attached hydrogens (tertiary/aromatic N) is 4. The van der Waals surface area contributed by atoms with E-state index >= 15 is 0 Å². The van der Waals surface area contributed by atoms with E-state index in [-0.39, 0.29) is 16.8 Å². The molecule has 9 heteroatoms. The topological polar surface area (TPSA) is 87.5 Å². The van der Waals surface area contributed by atoms with Crippen LogP contribution in [0.5, 0.6) is 0 Å². The maximum atomic E-state index is 13.2. The second-order valence-electron chi connectivity index (χ2n) is 9.51. The zero-order valence-corrected chi connectivity index (χ0v) is 20.9. The van der Waals surface area contributed by atoms with E-state index in [1.165, 1.54) is 4.31 Å². The van der Waals surface area contributed by atoms with Crippen LogP contribution >= 0.6 is 0 Å². The molecular weight excluding hydrogens is 462 g/mol. The van der Waals surface area contributed by atoms with E-state index in [4.69, 9.17) is 0 Å². The van der Waals surface area contributed by atoms with E-state index in [0.717, 1.165) is 50.2 Å². The van der Waals surface area contributed by atoms with Crippen molar-refractivity contribution in [3.05, 3.63) is 72.1 Å². The van der Waals surface area contributed by atoms with Crippen molar-refractivity contribution in [1.29, 1.82) is 0 Å². The normalized spacial score (nSPS) is 17.6. The highest BCUT2D eigenvalue weighted by Crippen LogP contribution is 2.39. The smallest absolute Gasteiger partial charge is 0.274 e. The minimum absolute atomic E-state index is 0.00508. The number of hydrogen-bond acceptors (Lipinski definition) is 5. The predicted octanol–water partition coefficient (Wildman–Crippen LogP) is 3.72. The highest BCUT2D eigenvalue weighted by molar-refractivity contribution is 7.89. The molecule has 1 amide bonds. The van der Waals surface area contributed by atoms with E-state index < -0.39 is 10.0 Å². The van der Waals surface area contributed by atoms with Crippen LogP contribution in [0.3, 0.4) is 0 Å². The summed E-state index contributed by atoms with van der Waals surface area (Å²) < 4.78 is 29.5. The number of sulfonamides is 1. The summed E-state index contributed by atoms with van der Waals surface area (Å²) in [7, 11) is 0.101. The van der Waals surface area contributed by atoms with Gasteiger partial charge in [0.2, 0.25) is 10.0 Å². The van der Waals surface area contributed by atoms with E-state index in [1.54, 1.807) is 36.0 Å². The summed E-state index contributed by atoms with van der Waals surface area (Å²) in [5.41, 5.74) is 2.74. The fraction of sp³-hybridized carbons (Fsp3) is 0.385. The highest BCUT2D eigenvalue weighted by atomic mass is 32.2. The molecular formula is C26H31N5O3S. The van der Waals surface area contributed by atoms with E-state index in [0.29, 0.717) is 17.3 Å². The minimum Gasteiger partial charge on any atom is -0.321 e. The number of piperidine rings is 1. The maximum Gasteiger partial charge on any atom is 0.274 e. The van der Waals surface area contributed by atoms with Gasteiger partial charge in [-0.2, -0.15) is 9.40 Å². The number of carbonyl (C=O) groups is 1. The van der Waals surface area contributed by atoms with Crippen LogP contribution in [0.4, 0.5) is 5.69 Å². The lowest BCUT2D eigenvalue weighted by molar-refractivity contribution is 0.101. The van der Waals surface area contributed by atoms with Crippen LogP contribution in [0.15, 0.2) is 65.6 Å². The number of para-hydroxylation sites is 1. The lowest BCUT2D eigenvalue weighted by atomic mass is 10.1. The van der Waals surface area contributed by atoms with Crippen LogP contribution in [0.1, 0.15) is 47.8 Å². The van der Waals surface area contributed by atoms with Crippen molar-refractivity contribution in [1.82, 2.24) is 19.0 Å². The monoisotopic (exact) mass is 493 g/mol. The largest absolute Gasteiger partial charge is 0.321 e. The number of aromatic nitrogens is 2. The molecule has 1 saturated carbocycles. The molecule has 2 fully saturated rings. The van der Waals surface area contributed by atoms with E-state index in [2.05, 4.69) is 22.4 Å². The summed E-state index contributed by atoms with van der Waals surface area (Å²) in [5, 5.41) is 7.59. The van der Waals surface area contributed by atoms with E-state index in [9.17, 15) is 13.2 Å². The molecule has 35 heavy (non-hydrogen) atoms. The quantitative estimate of drug-likeness (QED) is 0.542. The molecule has 1 aliphatic heterocycles. The van der Waals surface area contributed by atoms with Crippen LogP contribution in [0.2, 0.25) is 0 Å². The van der Waals surface area contributed by atoms with Gasteiger partial charge in [-0.05, 0) is 88.3 Å². The van der Waals surface area contributed by atoms with Gasteiger partial charge in [0.25, 0.3) is 5.91 Å². The number of amides is 1. The van der Waals surface area contributed by atoms with Gasteiger partial charge in [0.15, 0.2) is 0 Å². The fourth-order valence-electron chi connectivity index (χ4n) is 4.53. The molecule has 1 N–H and O–H groups in total. The molecule has 1 saturated heterocycles. The SMILES string of the molecule is CN1CCC(N(C)S(=O)(=O)c2ccc(NC(=O)c3cc(C4CC4)nn3-c3ccccc3)cc2)CC1. The Bertz CT molecular complexity index is 1290. The van der Waals surface area contributed by atoms with Gasteiger partial charge in [0.1, 0.15) is 5.69 Å². The maximum absolute atomic E-state index is 13.2. The summed E-state index contributed by atoms with van der Waals surface area (Å²) in [6.07, 6.45) is 3.82. The molecule has 184 valence electrons. The molecule has 2 heterocycles. The van der Waals surface area contributed by atoms with Gasteiger partial charge in [0, 0.05) is 24.7 Å². The number of anilines is 1. The molecule has 3 aromatic rings. The number of rotatable bonds is 7. The summed E-state index contributed by atoms with van der Waals surface area (Å²) in [6.45, 7) is 1.77. The van der Waals surface area contributed by atoms with Gasteiger partial charge in [-0.25, -0.2) is 13.1 Å². The fourth-order valence-corrected chi connectivity index (χ4v) is 5.95. The Morgan fingerprint density at radius 3 is 2.29 bits per heavy atom. The Balaban J connectivity index is 1.32. The Hall–Kier alpha value is -3.01. The number of hydrogen-bond donors (Lipinski definition) is 1. The zero-order valence-electron chi connectivity index (χ0n) is 20.1. The molecule has 1 aliphatic carbocycles. The highest BCUT2D eigenvalue weighted by Gasteiger charge is 2.31. The molecule has 1 aromatic heterocycles. The van der Waals surface area contributed by atoms with Gasteiger partial charge in [0.05, 0.1) is 16.3 Å². The van der Waals surface area contributed by atoms with Crippen molar-refractivity contribution in [3.63, 3.8) is 0 Å². The summed E-state index contributed by atoms with van der Waals surface area (Å²) in [6, 6.07) is 17.8. The third kappa shape index (κ3) is 5.03. The third-order valence-electron chi connectivity index (χ3n) is 6.95. The molecule has 0 radical (unpaired) electrons. The molecule has 5 rings (SSSR count). The number of carbonyl (C=O) groups excluding carboxylic acids is 1. The van der Waals surface area contributed by atoms with Crippen molar-refractivity contribution in [2.24, 2.45) is 0 Å². The van der Waals surface area contributed by atoms with Crippen molar-refractivity contribution < 1.29 is 13.2 Å².